The number of fused-ring (bicyclic) bond motifs is 1. The van der Waals surface area contributed by atoms with E-state index in [0.29, 0.717) is 22.7 Å². The Morgan fingerprint density at radius 3 is 2.65 bits per heavy atom. The van der Waals surface area contributed by atoms with E-state index >= 15 is 0 Å². The molecule has 0 saturated heterocycles. The van der Waals surface area contributed by atoms with Crippen LogP contribution in [0.5, 0.6) is 0 Å². The summed E-state index contributed by atoms with van der Waals surface area (Å²) in [5.41, 5.74) is 0. The molecule has 108 valence electrons. The molecule has 2 aromatic rings. The average Bonchev–Trinajstić information content (AvgIpc) is 2.47. The van der Waals surface area contributed by atoms with E-state index < -0.39 is 10.0 Å². The molecule has 0 fully saturated rings. The van der Waals surface area contributed by atoms with E-state index in [0.717, 1.165) is 18.2 Å². The summed E-state index contributed by atoms with van der Waals surface area (Å²) in [5, 5.41) is 1.54. The number of pyridine rings is 1. The first kappa shape index (κ1) is 14.9. The molecule has 1 aromatic heterocycles. The van der Waals surface area contributed by atoms with E-state index in [2.05, 4.69) is 23.6 Å². The topological polar surface area (TPSA) is 59.1 Å². The highest BCUT2D eigenvalue weighted by atomic mass is 32.2. The van der Waals surface area contributed by atoms with Gasteiger partial charge in [-0.25, -0.2) is 13.1 Å². The Labute approximate surface area is 120 Å². The molecule has 0 spiro atoms. The van der Waals surface area contributed by atoms with E-state index in [1.807, 2.05) is 6.07 Å². The summed E-state index contributed by atoms with van der Waals surface area (Å²) in [7, 11) is -3.48. The molecule has 0 unspecified atom stereocenters. The SMILES string of the molecule is CCC(CC)CNS(=O)(=O)c1cccc2cnccc12. The predicted molar refractivity (Wildman–Crippen MR) is 81.0 cm³/mol. The van der Waals surface area contributed by atoms with Gasteiger partial charge in [-0.3, -0.25) is 4.98 Å². The van der Waals surface area contributed by atoms with Crippen LogP contribution in [0.2, 0.25) is 0 Å². The Morgan fingerprint density at radius 2 is 1.95 bits per heavy atom. The summed E-state index contributed by atoms with van der Waals surface area (Å²) in [4.78, 5) is 4.34. The monoisotopic (exact) mass is 292 g/mol. The second kappa shape index (κ2) is 6.33. The molecule has 1 N–H and O–H groups in total. The maximum absolute atomic E-state index is 12.5. The highest BCUT2D eigenvalue weighted by molar-refractivity contribution is 7.89. The molecule has 20 heavy (non-hydrogen) atoms. The lowest BCUT2D eigenvalue weighted by Crippen LogP contribution is -2.29. The lowest BCUT2D eigenvalue weighted by molar-refractivity contribution is 0.479. The largest absolute Gasteiger partial charge is 0.264 e. The molecule has 0 atom stereocenters. The molecule has 1 heterocycles. The molecule has 1 aromatic carbocycles. The number of hydrogen-bond donors (Lipinski definition) is 1. The molecule has 0 radical (unpaired) electrons. The van der Waals surface area contributed by atoms with E-state index in [-0.39, 0.29) is 0 Å². The fourth-order valence-corrected chi connectivity index (χ4v) is 3.55. The van der Waals surface area contributed by atoms with Gasteiger partial charge in [0.1, 0.15) is 0 Å². The fraction of sp³-hybridized carbons (Fsp3) is 0.400. The zero-order valence-corrected chi connectivity index (χ0v) is 12.7. The summed E-state index contributed by atoms with van der Waals surface area (Å²) in [6.45, 7) is 4.63. The lowest BCUT2D eigenvalue weighted by Gasteiger charge is -2.14. The Kier molecular flexibility index (Phi) is 4.73. The van der Waals surface area contributed by atoms with Gasteiger partial charge < -0.3 is 0 Å². The van der Waals surface area contributed by atoms with Crippen molar-refractivity contribution in [2.75, 3.05) is 6.54 Å². The number of rotatable bonds is 6. The van der Waals surface area contributed by atoms with Gasteiger partial charge in [-0.05, 0) is 18.1 Å². The zero-order valence-electron chi connectivity index (χ0n) is 11.8. The van der Waals surface area contributed by atoms with Crippen molar-refractivity contribution in [3.8, 4) is 0 Å². The highest BCUT2D eigenvalue weighted by Gasteiger charge is 2.18. The Bertz CT molecular complexity index is 674. The van der Waals surface area contributed by atoms with E-state index in [9.17, 15) is 8.42 Å². The van der Waals surface area contributed by atoms with Crippen LogP contribution in [-0.4, -0.2) is 19.9 Å². The Morgan fingerprint density at radius 1 is 1.20 bits per heavy atom. The minimum absolute atomic E-state index is 0.323. The van der Waals surface area contributed by atoms with Gasteiger partial charge in [-0.2, -0.15) is 0 Å². The fourth-order valence-electron chi connectivity index (χ4n) is 2.21. The van der Waals surface area contributed by atoms with Gasteiger partial charge in [0.2, 0.25) is 10.0 Å². The number of benzene rings is 1. The van der Waals surface area contributed by atoms with Crippen molar-refractivity contribution >= 4 is 20.8 Å². The van der Waals surface area contributed by atoms with Crippen LogP contribution in [-0.2, 0) is 10.0 Å². The van der Waals surface area contributed by atoms with Gasteiger partial charge in [0.25, 0.3) is 0 Å². The molecule has 4 nitrogen and oxygen atoms in total. The van der Waals surface area contributed by atoms with Crippen LogP contribution in [0.25, 0.3) is 10.8 Å². The second-order valence-corrected chi connectivity index (χ2v) is 6.62. The Hall–Kier alpha value is -1.46. The van der Waals surface area contributed by atoms with Crippen LogP contribution in [0, 0.1) is 5.92 Å². The number of hydrogen-bond acceptors (Lipinski definition) is 3. The molecule has 0 aliphatic rings. The number of nitrogens with one attached hydrogen (secondary N) is 1. The normalized spacial score (nSPS) is 12.2. The summed E-state index contributed by atoms with van der Waals surface area (Å²) in [6, 6.07) is 6.98. The van der Waals surface area contributed by atoms with Crippen LogP contribution in [0.1, 0.15) is 26.7 Å². The predicted octanol–water partition coefficient (Wildman–Crippen LogP) is 2.95. The van der Waals surface area contributed by atoms with Gasteiger partial charge in [0.05, 0.1) is 4.90 Å². The number of nitrogens with zero attached hydrogens (tertiary/aromatic N) is 1. The third-order valence-electron chi connectivity index (χ3n) is 3.65. The van der Waals surface area contributed by atoms with Gasteiger partial charge in [0, 0.05) is 29.7 Å². The summed E-state index contributed by atoms with van der Waals surface area (Å²) < 4.78 is 27.6. The van der Waals surface area contributed by atoms with Crippen molar-refractivity contribution < 1.29 is 8.42 Å². The third kappa shape index (κ3) is 3.16. The molecule has 5 heteroatoms. The van der Waals surface area contributed by atoms with Crippen molar-refractivity contribution in [3.05, 3.63) is 36.7 Å². The van der Waals surface area contributed by atoms with Gasteiger partial charge in [-0.1, -0.05) is 38.8 Å². The summed E-state index contributed by atoms with van der Waals surface area (Å²) >= 11 is 0. The minimum Gasteiger partial charge on any atom is -0.264 e. The van der Waals surface area contributed by atoms with Crippen LogP contribution >= 0.6 is 0 Å². The molecule has 0 aliphatic carbocycles. The maximum atomic E-state index is 12.5. The van der Waals surface area contributed by atoms with Crippen molar-refractivity contribution in [1.82, 2.24) is 9.71 Å². The van der Waals surface area contributed by atoms with Crippen LogP contribution in [0.4, 0.5) is 0 Å². The molecule has 2 rings (SSSR count). The smallest absolute Gasteiger partial charge is 0.241 e. The molecule has 0 saturated carbocycles. The van der Waals surface area contributed by atoms with Crippen LogP contribution in [0.15, 0.2) is 41.6 Å². The quantitative estimate of drug-likeness (QED) is 0.890. The highest BCUT2D eigenvalue weighted by Crippen LogP contribution is 2.22. The third-order valence-corrected chi connectivity index (χ3v) is 5.13. The first-order chi connectivity index (χ1) is 9.58. The van der Waals surface area contributed by atoms with E-state index in [1.165, 1.54) is 0 Å². The first-order valence-corrected chi connectivity index (χ1v) is 8.39. The van der Waals surface area contributed by atoms with Gasteiger partial charge in [-0.15, -0.1) is 0 Å². The summed E-state index contributed by atoms with van der Waals surface area (Å²) in [5.74, 6) is 0.376. The average molecular weight is 292 g/mol. The zero-order chi connectivity index (χ0) is 14.6. The van der Waals surface area contributed by atoms with Crippen molar-refractivity contribution in [1.29, 1.82) is 0 Å². The van der Waals surface area contributed by atoms with E-state index in [4.69, 9.17) is 0 Å². The molecule has 0 bridgehead atoms. The standard InChI is InChI=1S/C15H20N2O2S/c1-3-12(4-2)10-17-20(18,19)15-7-5-6-13-11-16-9-8-14(13)15/h5-9,11-12,17H,3-4,10H2,1-2H3. The van der Waals surface area contributed by atoms with Gasteiger partial charge in [0.15, 0.2) is 0 Å². The number of aromatic nitrogens is 1. The van der Waals surface area contributed by atoms with Crippen molar-refractivity contribution in [2.45, 2.75) is 31.6 Å². The number of sulfonamides is 1. The molecular formula is C15H20N2O2S. The van der Waals surface area contributed by atoms with E-state index in [1.54, 1.807) is 30.6 Å². The van der Waals surface area contributed by atoms with Crippen molar-refractivity contribution in [2.24, 2.45) is 5.92 Å². The molecular weight excluding hydrogens is 272 g/mol. The maximum Gasteiger partial charge on any atom is 0.241 e. The van der Waals surface area contributed by atoms with Crippen LogP contribution < -0.4 is 4.72 Å². The van der Waals surface area contributed by atoms with Crippen LogP contribution in [0.3, 0.4) is 0 Å². The molecule has 0 amide bonds. The lowest BCUT2D eigenvalue weighted by atomic mass is 10.0. The Balaban J connectivity index is 2.32. The van der Waals surface area contributed by atoms with Gasteiger partial charge >= 0.3 is 0 Å². The van der Waals surface area contributed by atoms with Crippen molar-refractivity contribution in [3.63, 3.8) is 0 Å². The minimum atomic E-state index is -3.48. The summed E-state index contributed by atoms with van der Waals surface area (Å²) in [6.07, 6.45) is 5.23. The first-order valence-electron chi connectivity index (χ1n) is 6.91. The molecule has 0 aliphatic heterocycles. The second-order valence-electron chi connectivity index (χ2n) is 4.89.